The van der Waals surface area contributed by atoms with Gasteiger partial charge in [-0.25, -0.2) is 9.59 Å². The molecular weight excluding hydrogens is 244 g/mol. The van der Waals surface area contributed by atoms with Gasteiger partial charge >= 0.3 is 12.0 Å². The van der Waals surface area contributed by atoms with Crippen LogP contribution < -0.4 is 10.6 Å². The maximum absolute atomic E-state index is 11.4. The normalized spacial score (nSPS) is 11.4. The molecule has 2 amide bonds. The highest BCUT2D eigenvalue weighted by Crippen LogP contribution is 2.05. The molecule has 1 rings (SSSR count). The Hall–Kier alpha value is -2.30. The number of benzene rings is 1. The minimum Gasteiger partial charge on any atom is -0.478 e. The lowest BCUT2D eigenvalue weighted by molar-refractivity contribution is 0.0696. The Kier molecular flexibility index (Phi) is 5.60. The molecule has 1 unspecified atom stereocenters. The molecule has 0 aliphatic carbocycles. The van der Waals surface area contributed by atoms with Crippen LogP contribution in [0.2, 0.25) is 0 Å². The second kappa shape index (κ2) is 7.20. The van der Waals surface area contributed by atoms with Gasteiger partial charge in [0.05, 0.1) is 5.56 Å². The van der Waals surface area contributed by atoms with Crippen LogP contribution in [0, 0.1) is 0 Å². The first-order chi connectivity index (χ1) is 9.02. The van der Waals surface area contributed by atoms with Gasteiger partial charge in [0.15, 0.2) is 0 Å². The summed E-state index contributed by atoms with van der Waals surface area (Å²) in [4.78, 5) is 22.2. The van der Waals surface area contributed by atoms with Crippen LogP contribution >= 0.6 is 0 Å². The van der Waals surface area contributed by atoms with Crippen molar-refractivity contribution in [2.24, 2.45) is 0 Å². The molecule has 0 spiro atoms. The molecule has 0 saturated carbocycles. The number of nitrogens with one attached hydrogen (secondary N) is 2. The molecule has 0 saturated heterocycles. The molecule has 0 bridgehead atoms. The number of carboxylic acids is 1. The molecule has 0 heterocycles. The Morgan fingerprint density at radius 1 is 1.47 bits per heavy atom. The molecule has 102 valence electrons. The lowest BCUT2D eigenvalue weighted by Gasteiger charge is -2.10. The number of carbonyl (C=O) groups excluding carboxylic acids is 1. The van der Waals surface area contributed by atoms with E-state index >= 15 is 0 Å². The van der Waals surface area contributed by atoms with Gasteiger partial charge in [0.25, 0.3) is 0 Å². The molecule has 0 aliphatic heterocycles. The minimum absolute atomic E-state index is 0.0876. The zero-order valence-electron chi connectivity index (χ0n) is 10.8. The number of aromatic carboxylic acids is 1. The first kappa shape index (κ1) is 14.8. The Labute approximate surface area is 112 Å². The Balaban J connectivity index is 2.41. The Morgan fingerprint density at radius 2 is 2.21 bits per heavy atom. The van der Waals surface area contributed by atoms with Crippen molar-refractivity contribution in [3.05, 3.63) is 48.0 Å². The standard InChI is InChI=1S/C14H18N2O3/c1-3-10(2)16-14(19)15-8-7-11-5-4-6-12(9-11)13(17)18/h3-6,9-10H,1,7-8H2,2H3,(H,17,18)(H2,15,16,19). The van der Waals surface area contributed by atoms with Crippen LogP contribution in [-0.2, 0) is 6.42 Å². The van der Waals surface area contributed by atoms with E-state index in [4.69, 9.17) is 5.11 Å². The molecule has 19 heavy (non-hydrogen) atoms. The van der Waals surface area contributed by atoms with Gasteiger partial charge in [0, 0.05) is 12.6 Å². The van der Waals surface area contributed by atoms with Crippen molar-refractivity contribution in [2.45, 2.75) is 19.4 Å². The van der Waals surface area contributed by atoms with Gasteiger partial charge in [-0.3, -0.25) is 0 Å². The molecule has 5 nitrogen and oxygen atoms in total. The van der Waals surface area contributed by atoms with E-state index in [0.717, 1.165) is 5.56 Å². The molecular formula is C14H18N2O3. The first-order valence-electron chi connectivity index (χ1n) is 6.02. The average molecular weight is 262 g/mol. The maximum atomic E-state index is 11.4. The highest BCUT2D eigenvalue weighted by Gasteiger charge is 2.05. The molecule has 1 atom stereocenters. The maximum Gasteiger partial charge on any atom is 0.335 e. The third-order valence-electron chi connectivity index (χ3n) is 2.59. The highest BCUT2D eigenvalue weighted by atomic mass is 16.4. The van der Waals surface area contributed by atoms with E-state index < -0.39 is 5.97 Å². The van der Waals surface area contributed by atoms with E-state index in [2.05, 4.69) is 17.2 Å². The predicted octanol–water partition coefficient (Wildman–Crippen LogP) is 1.80. The smallest absolute Gasteiger partial charge is 0.335 e. The number of hydrogen-bond donors (Lipinski definition) is 3. The summed E-state index contributed by atoms with van der Waals surface area (Å²) in [6.45, 7) is 5.84. The van der Waals surface area contributed by atoms with Gasteiger partial charge in [0.2, 0.25) is 0 Å². The van der Waals surface area contributed by atoms with E-state index in [1.165, 1.54) is 6.07 Å². The van der Waals surface area contributed by atoms with E-state index in [1.807, 2.05) is 13.0 Å². The van der Waals surface area contributed by atoms with E-state index in [-0.39, 0.29) is 17.6 Å². The van der Waals surface area contributed by atoms with Crippen LogP contribution in [0.3, 0.4) is 0 Å². The largest absolute Gasteiger partial charge is 0.478 e. The summed E-state index contributed by atoms with van der Waals surface area (Å²) in [5.74, 6) is -0.952. The van der Waals surface area contributed by atoms with Gasteiger partial charge in [-0.2, -0.15) is 0 Å². The summed E-state index contributed by atoms with van der Waals surface area (Å²) in [5.41, 5.74) is 1.12. The Morgan fingerprint density at radius 3 is 2.84 bits per heavy atom. The molecule has 5 heteroatoms. The number of hydrogen-bond acceptors (Lipinski definition) is 2. The summed E-state index contributed by atoms with van der Waals surface area (Å²) >= 11 is 0. The van der Waals surface area contributed by atoms with Crippen molar-refractivity contribution in [2.75, 3.05) is 6.54 Å². The fourth-order valence-electron chi connectivity index (χ4n) is 1.50. The number of rotatable bonds is 6. The number of carbonyl (C=O) groups is 2. The number of urea groups is 1. The predicted molar refractivity (Wildman–Crippen MR) is 73.3 cm³/mol. The van der Waals surface area contributed by atoms with Gasteiger partial charge in [-0.15, -0.1) is 6.58 Å². The lowest BCUT2D eigenvalue weighted by Crippen LogP contribution is -2.40. The highest BCUT2D eigenvalue weighted by molar-refractivity contribution is 5.87. The summed E-state index contributed by atoms with van der Waals surface area (Å²) in [6.07, 6.45) is 2.22. The van der Waals surface area contributed by atoms with Crippen molar-refractivity contribution in [3.63, 3.8) is 0 Å². The van der Waals surface area contributed by atoms with Crippen LogP contribution in [0.25, 0.3) is 0 Å². The van der Waals surface area contributed by atoms with Crippen LogP contribution in [0.1, 0.15) is 22.8 Å². The third kappa shape index (κ3) is 5.25. The van der Waals surface area contributed by atoms with Gasteiger partial charge in [0.1, 0.15) is 0 Å². The van der Waals surface area contributed by atoms with Crippen molar-refractivity contribution < 1.29 is 14.7 Å². The summed E-state index contributed by atoms with van der Waals surface area (Å²) in [5, 5.41) is 14.2. The summed E-state index contributed by atoms with van der Waals surface area (Å²) in [7, 11) is 0. The van der Waals surface area contributed by atoms with Crippen LogP contribution in [0.15, 0.2) is 36.9 Å². The second-order valence-corrected chi connectivity index (χ2v) is 4.18. The molecule has 0 aliphatic rings. The van der Waals surface area contributed by atoms with Crippen molar-refractivity contribution >= 4 is 12.0 Å². The van der Waals surface area contributed by atoms with E-state index in [0.29, 0.717) is 13.0 Å². The molecule has 1 aromatic carbocycles. The van der Waals surface area contributed by atoms with Crippen molar-refractivity contribution in [1.82, 2.24) is 10.6 Å². The molecule has 0 aromatic heterocycles. The van der Waals surface area contributed by atoms with Gasteiger partial charge in [-0.1, -0.05) is 18.2 Å². The van der Waals surface area contributed by atoms with Crippen LogP contribution in [-0.4, -0.2) is 29.7 Å². The third-order valence-corrected chi connectivity index (χ3v) is 2.59. The lowest BCUT2D eigenvalue weighted by atomic mass is 10.1. The number of amides is 2. The summed E-state index contributed by atoms with van der Waals surface area (Å²) < 4.78 is 0. The quantitative estimate of drug-likeness (QED) is 0.684. The summed E-state index contributed by atoms with van der Waals surface area (Å²) in [6, 6.07) is 6.32. The van der Waals surface area contributed by atoms with Gasteiger partial charge in [-0.05, 0) is 31.0 Å². The van der Waals surface area contributed by atoms with E-state index in [9.17, 15) is 9.59 Å². The fourth-order valence-corrected chi connectivity index (χ4v) is 1.50. The second-order valence-electron chi connectivity index (χ2n) is 4.18. The van der Waals surface area contributed by atoms with Crippen molar-refractivity contribution in [3.8, 4) is 0 Å². The number of carboxylic acid groups (broad SMARTS) is 1. The molecule has 3 N–H and O–H groups in total. The zero-order chi connectivity index (χ0) is 14.3. The first-order valence-corrected chi connectivity index (χ1v) is 6.02. The van der Waals surface area contributed by atoms with Gasteiger partial charge < -0.3 is 15.7 Å². The monoisotopic (exact) mass is 262 g/mol. The average Bonchev–Trinajstić information content (AvgIpc) is 2.38. The molecule has 1 aromatic rings. The zero-order valence-corrected chi connectivity index (χ0v) is 10.8. The van der Waals surface area contributed by atoms with Crippen LogP contribution in [0.4, 0.5) is 4.79 Å². The Bertz CT molecular complexity index is 472. The molecule has 0 radical (unpaired) electrons. The van der Waals surface area contributed by atoms with E-state index in [1.54, 1.807) is 18.2 Å². The van der Waals surface area contributed by atoms with Crippen molar-refractivity contribution in [1.29, 1.82) is 0 Å². The minimum atomic E-state index is -0.952. The topological polar surface area (TPSA) is 78.4 Å². The SMILES string of the molecule is C=CC(C)NC(=O)NCCc1cccc(C(=O)O)c1. The fraction of sp³-hybridized carbons (Fsp3) is 0.286. The van der Waals surface area contributed by atoms with Crippen LogP contribution in [0.5, 0.6) is 0 Å². The molecule has 0 fully saturated rings.